The first-order chi connectivity index (χ1) is 16.8. The van der Waals surface area contributed by atoms with E-state index in [1.807, 2.05) is 32.9 Å². The number of benzene rings is 3. The van der Waals surface area contributed by atoms with Crippen LogP contribution < -0.4 is 20.2 Å². The molecule has 0 fully saturated rings. The van der Waals surface area contributed by atoms with Crippen molar-refractivity contribution >= 4 is 39.6 Å². The maximum atomic E-state index is 13.1. The van der Waals surface area contributed by atoms with Gasteiger partial charge in [-0.05, 0) is 89.3 Å². The van der Waals surface area contributed by atoms with Crippen LogP contribution in [-0.2, 0) is 16.2 Å². The van der Waals surface area contributed by atoms with Crippen LogP contribution in [0, 0.1) is 19.7 Å². The predicted molar refractivity (Wildman–Crippen MR) is 136 cm³/mol. The Morgan fingerprint density at radius 2 is 1.77 bits per heavy atom. The molecule has 2 N–H and O–H groups in total. The average Bonchev–Trinajstić information content (AvgIpc) is 2.82. The summed E-state index contributed by atoms with van der Waals surface area (Å²) in [6.07, 6.45) is 1.39. The SMILES string of the molecule is CCOc1cc(/C=N/NC(=O)C(=O)Nc2cc(C)ccc2C)cc(Br)c1OCc1ccc(F)cc1. The predicted octanol–water partition coefficient (Wildman–Crippen LogP) is 5.27. The summed E-state index contributed by atoms with van der Waals surface area (Å²) in [7, 11) is 0. The third-order valence-electron chi connectivity index (χ3n) is 4.86. The Morgan fingerprint density at radius 1 is 1.03 bits per heavy atom. The molecule has 0 aliphatic rings. The number of carbonyl (C=O) groups is 2. The van der Waals surface area contributed by atoms with E-state index in [1.165, 1.54) is 18.3 Å². The van der Waals surface area contributed by atoms with E-state index in [-0.39, 0.29) is 12.4 Å². The molecule has 182 valence electrons. The number of nitrogens with one attached hydrogen (secondary N) is 2. The van der Waals surface area contributed by atoms with E-state index in [1.54, 1.807) is 30.3 Å². The van der Waals surface area contributed by atoms with E-state index >= 15 is 0 Å². The number of hydrogen-bond donors (Lipinski definition) is 2. The summed E-state index contributed by atoms with van der Waals surface area (Å²) in [5.74, 6) is -1.10. The van der Waals surface area contributed by atoms with E-state index in [9.17, 15) is 14.0 Å². The lowest BCUT2D eigenvalue weighted by molar-refractivity contribution is -0.136. The summed E-state index contributed by atoms with van der Waals surface area (Å²) in [6, 6.07) is 15.0. The maximum Gasteiger partial charge on any atom is 0.329 e. The molecule has 3 aromatic rings. The molecule has 2 amide bonds. The van der Waals surface area contributed by atoms with Crippen molar-refractivity contribution in [3.63, 3.8) is 0 Å². The molecule has 0 aliphatic carbocycles. The lowest BCUT2D eigenvalue weighted by Gasteiger charge is -2.14. The van der Waals surface area contributed by atoms with Gasteiger partial charge in [0.15, 0.2) is 11.5 Å². The lowest BCUT2D eigenvalue weighted by atomic mass is 10.1. The standard InChI is InChI=1S/C26H25BrFN3O4/c1-4-34-23-13-19(12-21(27)24(23)35-15-18-7-9-20(28)10-8-18)14-29-31-26(33)25(32)30-22-11-16(2)5-6-17(22)3/h5-14H,4,15H2,1-3H3,(H,30,32)(H,31,33)/b29-14+. The van der Waals surface area contributed by atoms with Gasteiger partial charge in [0, 0.05) is 5.69 Å². The molecule has 3 aromatic carbocycles. The van der Waals surface area contributed by atoms with Crippen LogP contribution in [-0.4, -0.2) is 24.6 Å². The number of aryl methyl sites for hydroxylation is 2. The highest BCUT2D eigenvalue weighted by molar-refractivity contribution is 9.10. The van der Waals surface area contributed by atoms with Gasteiger partial charge in [-0.1, -0.05) is 24.3 Å². The molecule has 0 bridgehead atoms. The third kappa shape index (κ3) is 7.38. The van der Waals surface area contributed by atoms with Gasteiger partial charge in [-0.2, -0.15) is 5.10 Å². The molecule has 7 nitrogen and oxygen atoms in total. The van der Waals surface area contributed by atoms with Crippen LogP contribution >= 0.6 is 15.9 Å². The molecule has 0 aliphatic heterocycles. The van der Waals surface area contributed by atoms with Gasteiger partial charge in [0.2, 0.25) is 0 Å². The van der Waals surface area contributed by atoms with Gasteiger partial charge in [-0.25, -0.2) is 9.82 Å². The molecule has 0 radical (unpaired) electrons. The van der Waals surface area contributed by atoms with Crippen LogP contribution in [0.1, 0.15) is 29.2 Å². The second-order valence-corrected chi connectivity index (χ2v) is 8.50. The van der Waals surface area contributed by atoms with Gasteiger partial charge in [0.05, 0.1) is 17.3 Å². The van der Waals surface area contributed by atoms with Gasteiger partial charge < -0.3 is 14.8 Å². The number of anilines is 1. The van der Waals surface area contributed by atoms with E-state index in [0.717, 1.165) is 16.7 Å². The number of carbonyl (C=O) groups excluding carboxylic acids is 2. The van der Waals surface area contributed by atoms with E-state index < -0.39 is 11.8 Å². The van der Waals surface area contributed by atoms with Crippen molar-refractivity contribution in [3.8, 4) is 11.5 Å². The second kappa shape index (κ2) is 12.1. The van der Waals surface area contributed by atoms with Crippen LogP contribution in [0.5, 0.6) is 11.5 Å². The van der Waals surface area contributed by atoms with Crippen molar-refractivity contribution < 1.29 is 23.5 Å². The summed E-state index contributed by atoms with van der Waals surface area (Å²) in [5.41, 5.74) is 5.99. The highest BCUT2D eigenvalue weighted by atomic mass is 79.9. The smallest absolute Gasteiger partial charge is 0.329 e. The fraction of sp³-hybridized carbons (Fsp3) is 0.192. The zero-order valence-electron chi connectivity index (χ0n) is 19.5. The highest BCUT2D eigenvalue weighted by Crippen LogP contribution is 2.37. The molecule has 0 saturated heterocycles. The van der Waals surface area contributed by atoms with Crippen molar-refractivity contribution in [1.82, 2.24) is 5.43 Å². The zero-order chi connectivity index (χ0) is 25.4. The number of hydrazone groups is 1. The Hall–Kier alpha value is -3.72. The number of ether oxygens (including phenoxy) is 2. The minimum absolute atomic E-state index is 0.220. The molecule has 9 heteroatoms. The minimum atomic E-state index is -0.898. The van der Waals surface area contributed by atoms with Crippen molar-refractivity contribution in [2.75, 3.05) is 11.9 Å². The molecular formula is C26H25BrFN3O4. The summed E-state index contributed by atoms with van der Waals surface area (Å²) in [5, 5.41) is 6.46. The molecule has 0 heterocycles. The summed E-state index contributed by atoms with van der Waals surface area (Å²) in [6.45, 7) is 6.19. The highest BCUT2D eigenvalue weighted by Gasteiger charge is 2.15. The molecule has 0 spiro atoms. The van der Waals surface area contributed by atoms with Crippen LogP contribution in [0.15, 0.2) is 64.2 Å². The Balaban J connectivity index is 1.66. The molecule has 0 saturated carbocycles. The molecule has 0 aromatic heterocycles. The Labute approximate surface area is 211 Å². The van der Waals surface area contributed by atoms with Crippen molar-refractivity contribution in [2.45, 2.75) is 27.4 Å². The van der Waals surface area contributed by atoms with Crippen molar-refractivity contribution in [1.29, 1.82) is 0 Å². The number of amides is 2. The third-order valence-corrected chi connectivity index (χ3v) is 5.44. The number of hydrogen-bond acceptors (Lipinski definition) is 5. The largest absolute Gasteiger partial charge is 0.490 e. The lowest BCUT2D eigenvalue weighted by Crippen LogP contribution is -2.32. The molecule has 3 rings (SSSR count). The van der Waals surface area contributed by atoms with Gasteiger partial charge in [-0.3, -0.25) is 9.59 Å². The van der Waals surface area contributed by atoms with Crippen LogP contribution in [0.3, 0.4) is 0 Å². The number of rotatable bonds is 8. The summed E-state index contributed by atoms with van der Waals surface area (Å²) < 4.78 is 25.3. The molecule has 0 atom stereocenters. The van der Waals surface area contributed by atoms with Crippen molar-refractivity contribution in [3.05, 3.63) is 87.1 Å². The van der Waals surface area contributed by atoms with Crippen LogP contribution in [0.4, 0.5) is 10.1 Å². The zero-order valence-corrected chi connectivity index (χ0v) is 21.1. The monoisotopic (exact) mass is 541 g/mol. The first kappa shape index (κ1) is 25.9. The number of nitrogens with zero attached hydrogens (tertiary/aromatic N) is 1. The van der Waals surface area contributed by atoms with Crippen LogP contribution in [0.25, 0.3) is 0 Å². The fourth-order valence-corrected chi connectivity index (χ4v) is 3.64. The first-order valence-electron chi connectivity index (χ1n) is 10.8. The van der Waals surface area contributed by atoms with Gasteiger partial charge in [0.1, 0.15) is 12.4 Å². The van der Waals surface area contributed by atoms with Gasteiger partial charge in [0.25, 0.3) is 0 Å². The topological polar surface area (TPSA) is 89.0 Å². The van der Waals surface area contributed by atoms with E-state index in [4.69, 9.17) is 9.47 Å². The quantitative estimate of drug-likeness (QED) is 0.231. The summed E-state index contributed by atoms with van der Waals surface area (Å²) >= 11 is 3.47. The number of halogens is 2. The van der Waals surface area contributed by atoms with Crippen molar-refractivity contribution in [2.24, 2.45) is 5.10 Å². The Bertz CT molecular complexity index is 1250. The van der Waals surface area contributed by atoms with Gasteiger partial charge >= 0.3 is 11.8 Å². The van der Waals surface area contributed by atoms with Crippen LogP contribution in [0.2, 0.25) is 0 Å². The van der Waals surface area contributed by atoms with Gasteiger partial charge in [-0.15, -0.1) is 0 Å². The Morgan fingerprint density at radius 3 is 2.49 bits per heavy atom. The second-order valence-electron chi connectivity index (χ2n) is 7.65. The first-order valence-corrected chi connectivity index (χ1v) is 11.6. The average molecular weight is 542 g/mol. The summed E-state index contributed by atoms with van der Waals surface area (Å²) in [4.78, 5) is 24.4. The molecule has 35 heavy (non-hydrogen) atoms. The fourth-order valence-electron chi connectivity index (χ4n) is 3.07. The molecular weight excluding hydrogens is 517 g/mol. The Kier molecular flexibility index (Phi) is 8.97. The minimum Gasteiger partial charge on any atom is -0.490 e. The van der Waals surface area contributed by atoms with E-state index in [0.29, 0.717) is 33.8 Å². The molecule has 0 unspecified atom stereocenters. The normalized spacial score (nSPS) is 10.8. The maximum absolute atomic E-state index is 13.1. The van der Waals surface area contributed by atoms with E-state index in [2.05, 4.69) is 31.8 Å².